The maximum absolute atomic E-state index is 11.9. The molecule has 2 heterocycles. The summed E-state index contributed by atoms with van der Waals surface area (Å²) in [6, 6.07) is 10.0. The van der Waals surface area contributed by atoms with Crippen LogP contribution in [0.1, 0.15) is 19.6 Å². The molecule has 0 aliphatic carbocycles. The van der Waals surface area contributed by atoms with E-state index in [0.717, 1.165) is 0 Å². The number of nitrogens with zero attached hydrogens (tertiary/aromatic N) is 1. The van der Waals surface area contributed by atoms with Crippen molar-refractivity contribution in [2.45, 2.75) is 25.7 Å². The first-order valence-electron chi connectivity index (χ1n) is 7.89. The second-order valence-corrected chi connectivity index (χ2v) is 6.85. The van der Waals surface area contributed by atoms with E-state index in [-0.39, 0.29) is 18.6 Å². The third-order valence-corrected chi connectivity index (χ3v) is 4.71. The molecule has 2 aromatic rings. The minimum absolute atomic E-state index is 0.0366. The highest BCUT2D eigenvalue weighted by atomic mass is 31.1. The Morgan fingerprint density at radius 2 is 2.04 bits per heavy atom. The van der Waals surface area contributed by atoms with Gasteiger partial charge in [0.15, 0.2) is 0 Å². The normalized spacial score (nSPS) is 24.1. The van der Waals surface area contributed by atoms with Crippen LogP contribution in [0.5, 0.6) is 5.75 Å². The lowest BCUT2D eigenvalue weighted by atomic mass is 10.1. The lowest BCUT2D eigenvalue weighted by molar-refractivity contribution is -0.0296. The fourth-order valence-corrected chi connectivity index (χ4v) is 3.48. The maximum Gasteiger partial charge on any atom is 0.367 e. The van der Waals surface area contributed by atoms with Crippen molar-refractivity contribution in [2.24, 2.45) is 5.92 Å². The molecule has 0 spiro atoms. The largest absolute Gasteiger partial charge is 0.426 e. The van der Waals surface area contributed by atoms with Gasteiger partial charge in [-0.2, -0.15) is 0 Å². The van der Waals surface area contributed by atoms with Crippen molar-refractivity contribution in [1.29, 1.82) is 0 Å². The average Bonchev–Trinajstić information content (AvgIpc) is 2.95. The van der Waals surface area contributed by atoms with Crippen LogP contribution in [0.25, 0.3) is 0 Å². The zero-order chi connectivity index (χ0) is 17.8. The molecule has 0 saturated carbocycles. The number of nitrogens with one attached hydrogen (secondary N) is 1. The second kappa shape index (κ2) is 7.82. The van der Waals surface area contributed by atoms with Gasteiger partial charge in [0.2, 0.25) is 0 Å². The van der Waals surface area contributed by atoms with Gasteiger partial charge in [0.25, 0.3) is 5.56 Å². The molecule has 134 valence electrons. The summed E-state index contributed by atoms with van der Waals surface area (Å²) in [5.41, 5.74) is -0.977. The van der Waals surface area contributed by atoms with E-state index >= 15 is 0 Å². The Kier molecular flexibility index (Phi) is 5.53. The topological polar surface area (TPSA) is 99.6 Å². The van der Waals surface area contributed by atoms with Gasteiger partial charge in [0.05, 0.1) is 12.7 Å². The van der Waals surface area contributed by atoms with Crippen molar-refractivity contribution in [1.82, 2.24) is 9.55 Å². The Bertz CT molecular complexity index is 849. The third-order valence-electron chi connectivity index (χ3n) is 3.91. The zero-order valence-electron chi connectivity index (χ0n) is 13.6. The molecule has 8 nitrogen and oxygen atoms in total. The Hall–Kier alpha value is -2.15. The predicted molar refractivity (Wildman–Crippen MR) is 91.0 cm³/mol. The summed E-state index contributed by atoms with van der Waals surface area (Å²) in [5, 5.41) is 0. The van der Waals surface area contributed by atoms with Crippen LogP contribution in [0.3, 0.4) is 0 Å². The summed E-state index contributed by atoms with van der Waals surface area (Å²) < 4.78 is 29.5. The lowest BCUT2D eigenvalue weighted by Crippen LogP contribution is -2.33. The van der Waals surface area contributed by atoms with E-state index in [1.54, 1.807) is 24.3 Å². The highest BCUT2D eigenvalue weighted by molar-refractivity contribution is 7.33. The first-order chi connectivity index (χ1) is 12.0. The summed E-state index contributed by atoms with van der Waals surface area (Å²) in [6.45, 7) is 2.04. The van der Waals surface area contributed by atoms with Gasteiger partial charge in [-0.25, -0.2) is 9.36 Å². The minimum atomic E-state index is -2.69. The molecule has 0 bridgehead atoms. The van der Waals surface area contributed by atoms with Crippen LogP contribution in [-0.4, -0.2) is 22.3 Å². The Balaban J connectivity index is 1.56. The first kappa shape index (κ1) is 17.7. The van der Waals surface area contributed by atoms with Crippen LogP contribution >= 0.6 is 8.25 Å². The number of hydrogen-bond donors (Lipinski definition) is 1. The van der Waals surface area contributed by atoms with Gasteiger partial charge in [0.1, 0.15) is 12.0 Å². The van der Waals surface area contributed by atoms with Crippen LogP contribution < -0.4 is 15.8 Å². The van der Waals surface area contributed by atoms with Crippen molar-refractivity contribution < 1.29 is 18.3 Å². The average molecular weight is 366 g/mol. The molecule has 1 aromatic heterocycles. The number of hydrogen-bond acceptors (Lipinski definition) is 6. The molecule has 1 saturated heterocycles. The SMILES string of the molecule is C[C@H]1CC(CO[PH](=O)Oc2ccccc2)OC1n1ccc(=O)[nH]c1=O. The Labute approximate surface area is 144 Å². The molecular formula is C16H19N2O6P. The zero-order valence-corrected chi connectivity index (χ0v) is 14.6. The predicted octanol–water partition coefficient (Wildman–Crippen LogP) is 1.95. The van der Waals surface area contributed by atoms with Crippen LogP contribution in [-0.2, 0) is 13.8 Å². The van der Waals surface area contributed by atoms with Crippen molar-refractivity contribution in [3.63, 3.8) is 0 Å². The van der Waals surface area contributed by atoms with Gasteiger partial charge in [-0.05, 0) is 18.6 Å². The van der Waals surface area contributed by atoms with Crippen LogP contribution in [0, 0.1) is 5.92 Å². The molecule has 1 N–H and O–H groups in total. The number of ether oxygens (including phenoxy) is 1. The molecule has 4 atom stereocenters. The molecule has 1 aliphatic heterocycles. The third kappa shape index (κ3) is 4.48. The lowest BCUT2D eigenvalue weighted by Gasteiger charge is -2.17. The molecule has 0 amide bonds. The summed E-state index contributed by atoms with van der Waals surface area (Å²) in [6.07, 6.45) is 1.23. The summed E-state index contributed by atoms with van der Waals surface area (Å²) >= 11 is 0. The van der Waals surface area contributed by atoms with Crippen LogP contribution in [0.15, 0.2) is 52.2 Å². The fraction of sp³-hybridized carbons (Fsp3) is 0.375. The standard InChI is InChI=1S/C16H19N2O6P/c1-11-9-13(10-22-25(21)24-12-5-3-2-4-6-12)23-15(11)18-8-7-14(19)17-16(18)20/h2-8,11,13,15,25H,9-10H2,1H3,(H,17,19,20)/t11-,13?,15?/m0/s1. The monoisotopic (exact) mass is 366 g/mol. The molecule has 0 radical (unpaired) electrons. The van der Waals surface area contributed by atoms with E-state index < -0.39 is 25.7 Å². The summed E-state index contributed by atoms with van der Waals surface area (Å²) in [4.78, 5) is 25.2. The van der Waals surface area contributed by atoms with E-state index in [9.17, 15) is 14.2 Å². The minimum Gasteiger partial charge on any atom is -0.426 e. The molecule has 1 aromatic carbocycles. The van der Waals surface area contributed by atoms with Gasteiger partial charge in [-0.3, -0.25) is 18.9 Å². The number of H-pyrrole nitrogens is 1. The van der Waals surface area contributed by atoms with E-state index in [0.29, 0.717) is 12.2 Å². The highest BCUT2D eigenvalue weighted by Crippen LogP contribution is 2.35. The Morgan fingerprint density at radius 3 is 2.76 bits per heavy atom. The van der Waals surface area contributed by atoms with Gasteiger partial charge >= 0.3 is 13.9 Å². The highest BCUT2D eigenvalue weighted by Gasteiger charge is 2.34. The molecule has 1 fully saturated rings. The van der Waals surface area contributed by atoms with Gasteiger partial charge < -0.3 is 9.26 Å². The summed E-state index contributed by atoms with van der Waals surface area (Å²) in [7, 11) is -2.69. The van der Waals surface area contributed by atoms with Crippen molar-refractivity contribution in [2.75, 3.05) is 6.61 Å². The van der Waals surface area contributed by atoms with Gasteiger partial charge in [0, 0.05) is 18.2 Å². The quantitative estimate of drug-likeness (QED) is 0.785. The van der Waals surface area contributed by atoms with E-state index in [4.69, 9.17) is 13.8 Å². The number of benzene rings is 1. The molecular weight excluding hydrogens is 347 g/mol. The van der Waals surface area contributed by atoms with Crippen LogP contribution in [0.4, 0.5) is 0 Å². The summed E-state index contributed by atoms with van der Waals surface area (Å²) in [5.74, 6) is 0.513. The number of aromatic amines is 1. The maximum atomic E-state index is 11.9. The van der Waals surface area contributed by atoms with Crippen molar-refractivity contribution >= 4 is 8.25 Å². The van der Waals surface area contributed by atoms with Gasteiger partial charge in [-0.15, -0.1) is 0 Å². The number of rotatable bonds is 6. The van der Waals surface area contributed by atoms with E-state index in [1.807, 2.05) is 13.0 Å². The Morgan fingerprint density at radius 1 is 1.28 bits per heavy atom. The van der Waals surface area contributed by atoms with Crippen LogP contribution in [0.2, 0.25) is 0 Å². The number of para-hydroxylation sites is 1. The van der Waals surface area contributed by atoms with E-state index in [1.165, 1.54) is 16.8 Å². The molecule has 25 heavy (non-hydrogen) atoms. The fourth-order valence-electron chi connectivity index (χ4n) is 2.77. The smallest absolute Gasteiger partial charge is 0.367 e. The second-order valence-electron chi connectivity index (χ2n) is 5.86. The van der Waals surface area contributed by atoms with Gasteiger partial charge in [-0.1, -0.05) is 25.1 Å². The van der Waals surface area contributed by atoms with E-state index in [2.05, 4.69) is 4.98 Å². The first-order valence-corrected chi connectivity index (χ1v) is 9.12. The molecule has 3 rings (SSSR count). The van der Waals surface area contributed by atoms with Crippen molar-refractivity contribution in [3.05, 3.63) is 63.4 Å². The van der Waals surface area contributed by atoms with Crippen molar-refractivity contribution in [3.8, 4) is 5.75 Å². The molecule has 1 aliphatic rings. The molecule has 3 unspecified atom stereocenters. The number of aromatic nitrogens is 2. The molecule has 9 heteroatoms.